The van der Waals surface area contributed by atoms with Gasteiger partial charge in [0, 0.05) is 32.4 Å². The van der Waals surface area contributed by atoms with E-state index in [1.165, 1.54) is 24.3 Å². The summed E-state index contributed by atoms with van der Waals surface area (Å²) < 4.78 is 18.2. The quantitative estimate of drug-likeness (QED) is 0.684. The molecule has 0 aliphatic rings. The van der Waals surface area contributed by atoms with Crippen molar-refractivity contribution in [2.45, 2.75) is 19.1 Å². The van der Waals surface area contributed by atoms with Gasteiger partial charge in [-0.15, -0.1) is 0 Å². The zero-order valence-corrected chi connectivity index (χ0v) is 14.9. The Balaban J connectivity index is 1.68. The fraction of sp³-hybridized carbons (Fsp3) is 0.350. The Labute approximate surface area is 153 Å². The molecular weight excluding hydrogens is 333 g/mol. The van der Waals surface area contributed by atoms with Crippen molar-refractivity contribution in [1.82, 2.24) is 5.32 Å². The molecule has 0 bridgehead atoms. The van der Waals surface area contributed by atoms with Gasteiger partial charge in [-0.2, -0.15) is 5.26 Å². The summed E-state index contributed by atoms with van der Waals surface area (Å²) in [6.45, 7) is 1.87. The SMILES string of the molecule is CN(CCC#N)c1ccc(CNCC(O)COc2ccc(F)cc2)cc1. The highest BCUT2D eigenvalue weighted by atomic mass is 19.1. The molecule has 0 radical (unpaired) electrons. The first-order chi connectivity index (χ1) is 12.6. The number of hydrogen-bond acceptors (Lipinski definition) is 5. The zero-order chi connectivity index (χ0) is 18.8. The summed E-state index contributed by atoms with van der Waals surface area (Å²) in [5.41, 5.74) is 2.17. The fourth-order valence-electron chi connectivity index (χ4n) is 2.38. The number of hydrogen-bond donors (Lipinski definition) is 2. The van der Waals surface area contributed by atoms with E-state index in [4.69, 9.17) is 10.00 Å². The largest absolute Gasteiger partial charge is 0.491 e. The number of benzene rings is 2. The minimum Gasteiger partial charge on any atom is -0.491 e. The highest BCUT2D eigenvalue weighted by molar-refractivity contribution is 5.46. The second-order valence-electron chi connectivity index (χ2n) is 6.05. The van der Waals surface area contributed by atoms with Gasteiger partial charge < -0.3 is 20.1 Å². The molecule has 2 aromatic rings. The second-order valence-corrected chi connectivity index (χ2v) is 6.05. The summed E-state index contributed by atoms with van der Waals surface area (Å²) in [6, 6.07) is 15.9. The van der Waals surface area contributed by atoms with Gasteiger partial charge in [-0.05, 0) is 42.0 Å². The van der Waals surface area contributed by atoms with E-state index in [1.807, 2.05) is 36.2 Å². The third kappa shape index (κ3) is 6.71. The first kappa shape index (κ1) is 19.7. The topological polar surface area (TPSA) is 68.5 Å². The summed E-state index contributed by atoms with van der Waals surface area (Å²) in [6.07, 6.45) is -0.158. The van der Waals surface area contributed by atoms with Gasteiger partial charge in [-0.1, -0.05) is 12.1 Å². The number of anilines is 1. The van der Waals surface area contributed by atoms with Crippen LogP contribution in [0.2, 0.25) is 0 Å². The molecule has 1 atom stereocenters. The summed E-state index contributed by atoms with van der Waals surface area (Å²) in [4.78, 5) is 2.04. The number of nitriles is 1. The number of rotatable bonds is 10. The van der Waals surface area contributed by atoms with Gasteiger partial charge in [0.2, 0.25) is 0 Å². The lowest BCUT2D eigenvalue weighted by molar-refractivity contribution is 0.106. The van der Waals surface area contributed by atoms with E-state index in [0.717, 1.165) is 11.3 Å². The first-order valence-electron chi connectivity index (χ1n) is 8.52. The van der Waals surface area contributed by atoms with Gasteiger partial charge in [-0.3, -0.25) is 0 Å². The van der Waals surface area contributed by atoms with Crippen molar-refractivity contribution in [3.8, 4) is 11.8 Å². The molecule has 0 heterocycles. The van der Waals surface area contributed by atoms with Crippen molar-refractivity contribution in [3.05, 3.63) is 59.9 Å². The van der Waals surface area contributed by atoms with Crippen LogP contribution in [-0.4, -0.2) is 38.0 Å². The molecule has 0 fully saturated rings. The molecule has 0 amide bonds. The monoisotopic (exact) mass is 357 g/mol. The van der Waals surface area contributed by atoms with E-state index < -0.39 is 6.10 Å². The number of ether oxygens (including phenoxy) is 1. The van der Waals surface area contributed by atoms with Crippen LogP contribution in [0, 0.1) is 17.1 Å². The van der Waals surface area contributed by atoms with Crippen LogP contribution in [0.5, 0.6) is 5.75 Å². The highest BCUT2D eigenvalue weighted by Gasteiger charge is 2.06. The standard InChI is InChI=1S/C20H24FN3O2/c1-24(12-2-11-22)18-7-3-16(4-8-18)13-23-14-19(25)15-26-20-9-5-17(21)6-10-20/h3-10,19,23,25H,2,12-15H2,1H3. The molecule has 0 saturated heterocycles. The Kier molecular flexibility index (Phi) is 7.87. The van der Waals surface area contributed by atoms with Gasteiger partial charge in [-0.25, -0.2) is 4.39 Å². The number of aliphatic hydroxyl groups excluding tert-OH is 1. The lowest BCUT2D eigenvalue weighted by Gasteiger charge is -2.18. The fourth-order valence-corrected chi connectivity index (χ4v) is 2.38. The Morgan fingerprint density at radius 3 is 2.54 bits per heavy atom. The summed E-state index contributed by atoms with van der Waals surface area (Å²) >= 11 is 0. The molecule has 0 spiro atoms. The molecule has 2 N–H and O–H groups in total. The molecule has 2 aromatic carbocycles. The van der Waals surface area contributed by atoms with Crippen LogP contribution in [0.4, 0.5) is 10.1 Å². The van der Waals surface area contributed by atoms with Crippen LogP contribution in [0.15, 0.2) is 48.5 Å². The van der Waals surface area contributed by atoms with E-state index in [0.29, 0.717) is 31.8 Å². The van der Waals surface area contributed by atoms with Crippen molar-refractivity contribution in [1.29, 1.82) is 5.26 Å². The minimum atomic E-state index is -0.656. The van der Waals surface area contributed by atoms with Crippen molar-refractivity contribution >= 4 is 5.69 Å². The lowest BCUT2D eigenvalue weighted by atomic mass is 10.2. The normalized spacial score (nSPS) is 11.6. The Hall–Kier alpha value is -2.62. The molecule has 138 valence electrons. The maximum Gasteiger partial charge on any atom is 0.123 e. The molecule has 1 unspecified atom stereocenters. The molecule has 2 rings (SSSR count). The smallest absolute Gasteiger partial charge is 0.123 e. The van der Waals surface area contributed by atoms with E-state index in [1.54, 1.807) is 0 Å². The molecule has 0 aliphatic heterocycles. The molecule has 0 aliphatic carbocycles. The second kappa shape index (κ2) is 10.4. The molecule has 6 heteroatoms. The number of nitrogens with zero attached hydrogens (tertiary/aromatic N) is 2. The molecule has 0 saturated carbocycles. The molecular formula is C20H24FN3O2. The van der Waals surface area contributed by atoms with Crippen molar-refractivity contribution in [3.63, 3.8) is 0 Å². The van der Waals surface area contributed by atoms with Crippen LogP contribution in [0.3, 0.4) is 0 Å². The Morgan fingerprint density at radius 2 is 1.88 bits per heavy atom. The third-order valence-electron chi connectivity index (χ3n) is 3.90. The zero-order valence-electron chi connectivity index (χ0n) is 14.9. The van der Waals surface area contributed by atoms with Crippen LogP contribution >= 0.6 is 0 Å². The van der Waals surface area contributed by atoms with Gasteiger partial charge in [0.25, 0.3) is 0 Å². The minimum absolute atomic E-state index is 0.140. The molecule has 5 nitrogen and oxygen atoms in total. The predicted molar refractivity (Wildman–Crippen MR) is 99.6 cm³/mol. The summed E-state index contributed by atoms with van der Waals surface area (Å²) in [5, 5.41) is 21.8. The van der Waals surface area contributed by atoms with E-state index >= 15 is 0 Å². The number of nitrogens with one attached hydrogen (secondary N) is 1. The van der Waals surface area contributed by atoms with Crippen LogP contribution in [0.1, 0.15) is 12.0 Å². The lowest BCUT2D eigenvalue weighted by Crippen LogP contribution is -2.31. The Morgan fingerprint density at radius 1 is 1.19 bits per heavy atom. The Bertz CT molecular complexity index is 698. The van der Waals surface area contributed by atoms with Crippen LogP contribution in [-0.2, 0) is 6.54 Å². The summed E-state index contributed by atoms with van der Waals surface area (Å²) in [5.74, 6) is 0.211. The molecule has 26 heavy (non-hydrogen) atoms. The number of halogens is 1. The maximum atomic E-state index is 12.8. The summed E-state index contributed by atoms with van der Waals surface area (Å²) in [7, 11) is 1.96. The van der Waals surface area contributed by atoms with Gasteiger partial charge >= 0.3 is 0 Å². The average Bonchev–Trinajstić information content (AvgIpc) is 2.66. The average molecular weight is 357 g/mol. The van der Waals surface area contributed by atoms with Crippen molar-refractivity contribution in [2.24, 2.45) is 0 Å². The highest BCUT2D eigenvalue weighted by Crippen LogP contribution is 2.14. The van der Waals surface area contributed by atoms with Crippen molar-refractivity contribution < 1.29 is 14.2 Å². The molecule has 0 aromatic heterocycles. The van der Waals surface area contributed by atoms with E-state index in [2.05, 4.69) is 11.4 Å². The third-order valence-corrected chi connectivity index (χ3v) is 3.90. The van der Waals surface area contributed by atoms with Crippen molar-refractivity contribution in [2.75, 3.05) is 31.6 Å². The van der Waals surface area contributed by atoms with Gasteiger partial charge in [0.05, 0.1) is 12.5 Å². The van der Waals surface area contributed by atoms with Gasteiger partial charge in [0.15, 0.2) is 0 Å². The van der Waals surface area contributed by atoms with Crippen LogP contribution in [0.25, 0.3) is 0 Å². The number of aliphatic hydroxyl groups is 1. The first-order valence-corrected chi connectivity index (χ1v) is 8.52. The maximum absolute atomic E-state index is 12.8. The predicted octanol–water partition coefficient (Wildman–Crippen LogP) is 2.71. The van der Waals surface area contributed by atoms with E-state index in [-0.39, 0.29) is 12.4 Å². The van der Waals surface area contributed by atoms with Gasteiger partial charge in [0.1, 0.15) is 24.3 Å². The van der Waals surface area contributed by atoms with Crippen LogP contribution < -0.4 is 15.0 Å². The van der Waals surface area contributed by atoms with E-state index in [9.17, 15) is 9.50 Å².